The number of para-hydroxylation sites is 1. The Labute approximate surface area is 151 Å². The molecular formula is C19H22BrNO3. The number of carbonyl (C=O) groups excluding carboxylic acids is 1. The predicted octanol–water partition coefficient (Wildman–Crippen LogP) is 4.41. The smallest absolute Gasteiger partial charge is 0.223 e. The lowest BCUT2D eigenvalue weighted by molar-refractivity contribution is -0.122. The molecule has 0 aliphatic heterocycles. The maximum Gasteiger partial charge on any atom is 0.223 e. The SMILES string of the molecule is COc1ccc([C@H](C)NC(=O)CCOc2ccccc2C)cc1Br. The Morgan fingerprint density at radius 2 is 1.96 bits per heavy atom. The van der Waals surface area contributed by atoms with Crippen LogP contribution in [-0.2, 0) is 4.79 Å². The fourth-order valence-corrected chi connectivity index (χ4v) is 2.88. The summed E-state index contributed by atoms with van der Waals surface area (Å²) in [5, 5.41) is 2.98. The summed E-state index contributed by atoms with van der Waals surface area (Å²) in [6.45, 7) is 4.29. The molecule has 0 aliphatic rings. The third-order valence-corrected chi connectivity index (χ3v) is 4.35. The Morgan fingerprint density at radius 1 is 1.21 bits per heavy atom. The number of nitrogens with one attached hydrogen (secondary N) is 1. The largest absolute Gasteiger partial charge is 0.496 e. The number of amides is 1. The Kier molecular flexibility index (Phi) is 6.67. The van der Waals surface area contributed by atoms with Gasteiger partial charge in [-0.1, -0.05) is 24.3 Å². The van der Waals surface area contributed by atoms with Gasteiger partial charge in [0.2, 0.25) is 5.91 Å². The molecule has 0 fully saturated rings. The van der Waals surface area contributed by atoms with Crippen LogP contribution in [0.25, 0.3) is 0 Å². The first kappa shape index (κ1) is 18.3. The van der Waals surface area contributed by atoms with Crippen LogP contribution in [0.4, 0.5) is 0 Å². The average molecular weight is 392 g/mol. The van der Waals surface area contributed by atoms with E-state index in [2.05, 4.69) is 21.2 Å². The summed E-state index contributed by atoms with van der Waals surface area (Å²) in [5.41, 5.74) is 2.07. The van der Waals surface area contributed by atoms with Gasteiger partial charge in [-0.3, -0.25) is 4.79 Å². The first-order valence-electron chi connectivity index (χ1n) is 7.82. The molecule has 0 aromatic heterocycles. The maximum absolute atomic E-state index is 12.1. The lowest BCUT2D eigenvalue weighted by Crippen LogP contribution is -2.27. The van der Waals surface area contributed by atoms with Crippen LogP contribution in [0.2, 0.25) is 0 Å². The second-order valence-electron chi connectivity index (χ2n) is 5.55. The molecule has 0 aliphatic carbocycles. The van der Waals surface area contributed by atoms with E-state index in [0.29, 0.717) is 13.0 Å². The van der Waals surface area contributed by atoms with Crippen LogP contribution in [0.5, 0.6) is 11.5 Å². The number of ether oxygens (including phenoxy) is 2. The molecule has 128 valence electrons. The minimum Gasteiger partial charge on any atom is -0.496 e. The van der Waals surface area contributed by atoms with Crippen LogP contribution >= 0.6 is 15.9 Å². The molecule has 1 atom stereocenters. The maximum atomic E-state index is 12.1. The van der Waals surface area contributed by atoms with Crippen molar-refractivity contribution in [1.82, 2.24) is 5.32 Å². The number of rotatable bonds is 7. The van der Waals surface area contributed by atoms with E-state index in [9.17, 15) is 4.79 Å². The van der Waals surface area contributed by atoms with Gasteiger partial charge in [0.05, 0.1) is 30.7 Å². The van der Waals surface area contributed by atoms with Crippen molar-refractivity contribution in [3.05, 3.63) is 58.1 Å². The molecule has 24 heavy (non-hydrogen) atoms. The van der Waals surface area contributed by atoms with Gasteiger partial charge < -0.3 is 14.8 Å². The normalized spacial score (nSPS) is 11.7. The molecule has 0 heterocycles. The van der Waals surface area contributed by atoms with Gasteiger partial charge in [-0.05, 0) is 59.1 Å². The third kappa shape index (κ3) is 4.99. The zero-order valence-electron chi connectivity index (χ0n) is 14.1. The lowest BCUT2D eigenvalue weighted by atomic mass is 10.1. The number of aryl methyl sites for hydroxylation is 1. The summed E-state index contributed by atoms with van der Waals surface area (Å²) in [6.07, 6.45) is 0.315. The number of hydrogen-bond acceptors (Lipinski definition) is 3. The average Bonchev–Trinajstić information content (AvgIpc) is 2.56. The lowest BCUT2D eigenvalue weighted by Gasteiger charge is -2.16. The second kappa shape index (κ2) is 8.73. The van der Waals surface area contributed by atoms with Crippen LogP contribution in [0.15, 0.2) is 46.9 Å². The predicted molar refractivity (Wildman–Crippen MR) is 98.5 cm³/mol. The number of hydrogen-bond donors (Lipinski definition) is 1. The molecule has 1 amide bonds. The van der Waals surface area contributed by atoms with Crippen molar-refractivity contribution in [3.63, 3.8) is 0 Å². The molecule has 2 aromatic carbocycles. The van der Waals surface area contributed by atoms with Crippen molar-refractivity contribution < 1.29 is 14.3 Å². The highest BCUT2D eigenvalue weighted by Crippen LogP contribution is 2.28. The number of carbonyl (C=O) groups is 1. The van der Waals surface area contributed by atoms with Crippen molar-refractivity contribution in [2.24, 2.45) is 0 Å². The van der Waals surface area contributed by atoms with Gasteiger partial charge in [0.15, 0.2) is 0 Å². The highest BCUT2D eigenvalue weighted by molar-refractivity contribution is 9.10. The fraction of sp³-hybridized carbons (Fsp3) is 0.316. The van der Waals surface area contributed by atoms with Crippen LogP contribution < -0.4 is 14.8 Å². The van der Waals surface area contributed by atoms with Gasteiger partial charge in [0, 0.05) is 0 Å². The molecule has 2 aromatic rings. The van der Waals surface area contributed by atoms with Crippen LogP contribution in [0.3, 0.4) is 0 Å². The van der Waals surface area contributed by atoms with Gasteiger partial charge in [-0.25, -0.2) is 0 Å². The number of halogens is 1. The summed E-state index contributed by atoms with van der Waals surface area (Å²) >= 11 is 3.46. The zero-order valence-corrected chi connectivity index (χ0v) is 15.7. The van der Waals surface area contributed by atoms with E-state index in [1.54, 1.807) is 7.11 Å². The van der Waals surface area contributed by atoms with E-state index in [4.69, 9.17) is 9.47 Å². The van der Waals surface area contributed by atoms with Crippen LogP contribution in [0.1, 0.15) is 30.5 Å². The molecule has 0 unspecified atom stereocenters. The van der Waals surface area contributed by atoms with Gasteiger partial charge in [-0.15, -0.1) is 0 Å². The molecule has 0 saturated carbocycles. The molecule has 0 saturated heterocycles. The quantitative estimate of drug-likeness (QED) is 0.759. The summed E-state index contributed by atoms with van der Waals surface area (Å²) < 4.78 is 11.7. The van der Waals surface area contributed by atoms with E-state index in [1.165, 1.54) is 0 Å². The Balaban J connectivity index is 1.83. The summed E-state index contributed by atoms with van der Waals surface area (Å²) in [4.78, 5) is 12.1. The Morgan fingerprint density at radius 3 is 2.62 bits per heavy atom. The standard InChI is InChI=1S/C19H22BrNO3/c1-13-6-4-5-7-17(13)24-11-10-19(22)21-14(2)15-8-9-18(23-3)16(20)12-15/h4-9,12,14H,10-11H2,1-3H3,(H,21,22)/t14-/m0/s1. The molecule has 5 heteroatoms. The van der Waals surface area contributed by atoms with E-state index >= 15 is 0 Å². The second-order valence-corrected chi connectivity index (χ2v) is 6.40. The zero-order chi connectivity index (χ0) is 17.5. The number of methoxy groups -OCH3 is 1. The van der Waals surface area contributed by atoms with E-state index in [-0.39, 0.29) is 11.9 Å². The third-order valence-electron chi connectivity index (χ3n) is 3.73. The van der Waals surface area contributed by atoms with Crippen molar-refractivity contribution in [2.45, 2.75) is 26.3 Å². The monoisotopic (exact) mass is 391 g/mol. The van der Waals surface area contributed by atoms with Crippen molar-refractivity contribution in [3.8, 4) is 11.5 Å². The van der Waals surface area contributed by atoms with E-state index in [1.807, 2.05) is 56.3 Å². The van der Waals surface area contributed by atoms with Crippen LogP contribution in [-0.4, -0.2) is 19.6 Å². The number of benzene rings is 2. The summed E-state index contributed by atoms with van der Waals surface area (Å²) in [6, 6.07) is 13.5. The first-order valence-corrected chi connectivity index (χ1v) is 8.61. The minimum absolute atomic E-state index is 0.0389. The highest BCUT2D eigenvalue weighted by atomic mass is 79.9. The molecule has 4 nitrogen and oxygen atoms in total. The minimum atomic E-state index is -0.0850. The highest BCUT2D eigenvalue weighted by Gasteiger charge is 2.12. The molecule has 0 bridgehead atoms. The molecular weight excluding hydrogens is 370 g/mol. The van der Waals surface area contributed by atoms with Crippen LogP contribution in [0, 0.1) is 6.92 Å². The first-order chi connectivity index (χ1) is 11.5. The molecule has 0 radical (unpaired) electrons. The molecule has 0 spiro atoms. The van der Waals surface area contributed by atoms with Crippen molar-refractivity contribution in [1.29, 1.82) is 0 Å². The van der Waals surface area contributed by atoms with Gasteiger partial charge in [0.1, 0.15) is 11.5 Å². The van der Waals surface area contributed by atoms with E-state index < -0.39 is 0 Å². The Hall–Kier alpha value is -2.01. The van der Waals surface area contributed by atoms with Crippen molar-refractivity contribution in [2.75, 3.05) is 13.7 Å². The van der Waals surface area contributed by atoms with E-state index in [0.717, 1.165) is 27.1 Å². The summed E-state index contributed by atoms with van der Waals surface area (Å²) in [5.74, 6) is 1.55. The van der Waals surface area contributed by atoms with Crippen molar-refractivity contribution >= 4 is 21.8 Å². The molecule has 2 rings (SSSR count). The van der Waals surface area contributed by atoms with Gasteiger partial charge >= 0.3 is 0 Å². The fourth-order valence-electron chi connectivity index (χ4n) is 2.32. The van der Waals surface area contributed by atoms with Gasteiger partial charge in [-0.2, -0.15) is 0 Å². The Bertz CT molecular complexity index is 703. The summed E-state index contributed by atoms with van der Waals surface area (Å²) in [7, 11) is 1.62. The molecule has 1 N–H and O–H groups in total. The topological polar surface area (TPSA) is 47.6 Å². The van der Waals surface area contributed by atoms with Gasteiger partial charge in [0.25, 0.3) is 0 Å².